The average Bonchev–Trinajstić information content (AvgIpc) is 2.33. The van der Waals surface area contributed by atoms with E-state index in [1.165, 1.54) is 6.07 Å². The molecule has 3 heteroatoms. The Labute approximate surface area is 77.7 Å². The third kappa shape index (κ3) is 1.05. The van der Waals surface area contributed by atoms with Gasteiger partial charge in [-0.15, -0.1) is 0 Å². The molecule has 62 valence electrons. The molecule has 1 nitrogen and oxygen atoms in total. The number of benzene rings is 1. The molecular formula is C9H7BrFN. The Morgan fingerprint density at radius 2 is 2.17 bits per heavy atom. The molecule has 2 rings (SSSR count). The molecule has 0 aliphatic carbocycles. The van der Waals surface area contributed by atoms with E-state index in [4.69, 9.17) is 0 Å². The second kappa shape index (κ2) is 2.59. The molecule has 0 fully saturated rings. The highest BCUT2D eigenvalue weighted by Gasteiger charge is 2.05. The molecule has 0 saturated carbocycles. The highest BCUT2D eigenvalue weighted by Crippen LogP contribution is 2.24. The minimum Gasteiger partial charge on any atom is -0.359 e. The zero-order valence-electron chi connectivity index (χ0n) is 6.49. The van der Waals surface area contributed by atoms with Crippen LogP contribution in [0.2, 0.25) is 0 Å². The van der Waals surface area contributed by atoms with Gasteiger partial charge in [0.2, 0.25) is 0 Å². The Bertz CT molecular complexity index is 433. The molecule has 0 amide bonds. The minimum absolute atomic E-state index is 0.215. The zero-order chi connectivity index (χ0) is 8.72. The summed E-state index contributed by atoms with van der Waals surface area (Å²) in [5.41, 5.74) is 1.64. The van der Waals surface area contributed by atoms with Crippen molar-refractivity contribution < 1.29 is 4.39 Å². The fourth-order valence-electron chi connectivity index (χ4n) is 1.29. The number of nitrogens with one attached hydrogen (secondary N) is 1. The van der Waals surface area contributed by atoms with Gasteiger partial charge in [-0.05, 0) is 24.6 Å². The summed E-state index contributed by atoms with van der Waals surface area (Å²) < 4.78 is 14.0. The van der Waals surface area contributed by atoms with E-state index in [9.17, 15) is 4.39 Å². The lowest BCUT2D eigenvalue weighted by Gasteiger charge is -1.95. The van der Waals surface area contributed by atoms with Crippen molar-refractivity contribution in [1.29, 1.82) is 0 Å². The van der Waals surface area contributed by atoms with Crippen molar-refractivity contribution in [2.24, 2.45) is 0 Å². The van der Waals surface area contributed by atoms with E-state index in [2.05, 4.69) is 20.9 Å². The number of hydrogen-bond acceptors (Lipinski definition) is 0. The second-order valence-corrected chi connectivity index (χ2v) is 3.70. The third-order valence-electron chi connectivity index (χ3n) is 1.91. The predicted molar refractivity (Wildman–Crippen MR) is 50.7 cm³/mol. The van der Waals surface area contributed by atoms with Crippen LogP contribution >= 0.6 is 15.9 Å². The molecule has 2 aromatic rings. The van der Waals surface area contributed by atoms with Crippen LogP contribution in [0.3, 0.4) is 0 Å². The maximum atomic E-state index is 13.2. The molecule has 1 aromatic carbocycles. The number of rotatable bonds is 0. The van der Waals surface area contributed by atoms with E-state index in [0.29, 0.717) is 5.52 Å². The molecule has 1 N–H and O–H groups in total. The van der Waals surface area contributed by atoms with Gasteiger partial charge in [0.05, 0.1) is 5.52 Å². The largest absolute Gasteiger partial charge is 0.359 e. The number of fused-ring (bicyclic) bond motifs is 1. The van der Waals surface area contributed by atoms with Gasteiger partial charge in [-0.2, -0.15) is 0 Å². The molecule has 1 aromatic heterocycles. The summed E-state index contributed by atoms with van der Waals surface area (Å²) in [4.78, 5) is 2.89. The van der Waals surface area contributed by atoms with E-state index in [1.54, 1.807) is 6.20 Å². The van der Waals surface area contributed by atoms with Crippen LogP contribution in [0.4, 0.5) is 4.39 Å². The van der Waals surface area contributed by atoms with Crippen molar-refractivity contribution in [3.05, 3.63) is 34.2 Å². The van der Waals surface area contributed by atoms with Gasteiger partial charge in [-0.25, -0.2) is 4.39 Å². The van der Waals surface area contributed by atoms with Crippen LogP contribution in [0.5, 0.6) is 0 Å². The second-order valence-electron chi connectivity index (χ2n) is 2.78. The van der Waals surface area contributed by atoms with E-state index < -0.39 is 0 Å². The lowest BCUT2D eigenvalue weighted by Crippen LogP contribution is -1.77. The van der Waals surface area contributed by atoms with Crippen molar-refractivity contribution in [2.45, 2.75) is 6.92 Å². The summed E-state index contributed by atoms with van der Waals surface area (Å²) in [5, 5.41) is 0.932. The molecule has 0 unspecified atom stereocenters. The van der Waals surface area contributed by atoms with E-state index in [1.807, 2.05) is 13.0 Å². The van der Waals surface area contributed by atoms with Crippen molar-refractivity contribution in [3.8, 4) is 0 Å². The minimum atomic E-state index is -0.215. The number of aryl methyl sites for hydroxylation is 1. The molecule has 0 radical (unpaired) electrons. The predicted octanol–water partition coefficient (Wildman–Crippen LogP) is 3.38. The van der Waals surface area contributed by atoms with Crippen LogP contribution in [-0.4, -0.2) is 4.98 Å². The molecule has 12 heavy (non-hydrogen) atoms. The fraction of sp³-hybridized carbons (Fsp3) is 0.111. The maximum Gasteiger partial charge on any atom is 0.148 e. The fourth-order valence-corrected chi connectivity index (χ4v) is 1.72. The van der Waals surface area contributed by atoms with Gasteiger partial charge in [0.25, 0.3) is 0 Å². The number of halogens is 2. The first-order valence-electron chi connectivity index (χ1n) is 3.61. The summed E-state index contributed by atoms with van der Waals surface area (Å²) in [7, 11) is 0. The molecular weight excluding hydrogens is 221 g/mol. The van der Waals surface area contributed by atoms with Crippen molar-refractivity contribution in [2.75, 3.05) is 0 Å². The van der Waals surface area contributed by atoms with Crippen molar-refractivity contribution in [3.63, 3.8) is 0 Å². The van der Waals surface area contributed by atoms with Gasteiger partial charge in [0.1, 0.15) is 5.82 Å². The van der Waals surface area contributed by atoms with Gasteiger partial charge < -0.3 is 4.98 Å². The number of H-pyrrole nitrogens is 1. The van der Waals surface area contributed by atoms with E-state index >= 15 is 0 Å². The summed E-state index contributed by atoms with van der Waals surface area (Å²) in [6, 6.07) is 3.36. The Morgan fingerprint density at radius 3 is 2.92 bits per heavy atom. The Hall–Kier alpha value is -0.830. The van der Waals surface area contributed by atoms with Crippen LogP contribution in [0.15, 0.2) is 22.8 Å². The standard InChI is InChI=1S/C9H7BrFN/c1-5-4-12-9-7(5)2-6(10)3-8(9)11/h2-4,12H,1H3. The van der Waals surface area contributed by atoms with Gasteiger partial charge in [0.15, 0.2) is 0 Å². The molecule has 1 heterocycles. The Balaban J connectivity index is 2.92. The van der Waals surface area contributed by atoms with Crippen LogP contribution < -0.4 is 0 Å². The lowest BCUT2D eigenvalue weighted by molar-refractivity contribution is 0.636. The first kappa shape index (κ1) is 7.80. The monoisotopic (exact) mass is 227 g/mol. The van der Waals surface area contributed by atoms with Crippen molar-refractivity contribution >= 4 is 26.8 Å². The van der Waals surface area contributed by atoms with Crippen LogP contribution in [0.1, 0.15) is 5.56 Å². The third-order valence-corrected chi connectivity index (χ3v) is 2.37. The highest BCUT2D eigenvalue weighted by molar-refractivity contribution is 9.10. The number of aromatic amines is 1. The Kier molecular flexibility index (Phi) is 1.68. The normalized spacial score (nSPS) is 10.9. The van der Waals surface area contributed by atoms with Gasteiger partial charge in [-0.3, -0.25) is 0 Å². The SMILES string of the molecule is Cc1c[nH]c2c(F)cc(Br)cc12. The smallest absolute Gasteiger partial charge is 0.148 e. The first-order chi connectivity index (χ1) is 5.68. The van der Waals surface area contributed by atoms with Gasteiger partial charge in [-0.1, -0.05) is 15.9 Å². The van der Waals surface area contributed by atoms with Crippen molar-refractivity contribution in [1.82, 2.24) is 4.98 Å². The topological polar surface area (TPSA) is 15.8 Å². The molecule has 0 spiro atoms. The first-order valence-corrected chi connectivity index (χ1v) is 4.40. The van der Waals surface area contributed by atoms with Gasteiger partial charge in [0, 0.05) is 16.1 Å². The summed E-state index contributed by atoms with van der Waals surface area (Å²) in [6.45, 7) is 1.95. The summed E-state index contributed by atoms with van der Waals surface area (Å²) in [6.07, 6.45) is 1.81. The number of aromatic nitrogens is 1. The zero-order valence-corrected chi connectivity index (χ0v) is 8.07. The van der Waals surface area contributed by atoms with Crippen LogP contribution in [0.25, 0.3) is 10.9 Å². The maximum absolute atomic E-state index is 13.2. The lowest BCUT2D eigenvalue weighted by atomic mass is 10.2. The quantitative estimate of drug-likeness (QED) is 0.711. The van der Waals surface area contributed by atoms with E-state index in [0.717, 1.165) is 15.4 Å². The molecule has 0 aliphatic rings. The number of hydrogen-bond donors (Lipinski definition) is 1. The molecule has 0 aliphatic heterocycles. The Morgan fingerprint density at radius 1 is 1.42 bits per heavy atom. The summed E-state index contributed by atoms with van der Waals surface area (Å²) in [5.74, 6) is -0.215. The molecule has 0 atom stereocenters. The average molecular weight is 228 g/mol. The van der Waals surface area contributed by atoms with Crippen LogP contribution in [-0.2, 0) is 0 Å². The summed E-state index contributed by atoms with van der Waals surface area (Å²) >= 11 is 3.25. The molecule has 0 saturated heterocycles. The highest BCUT2D eigenvalue weighted by atomic mass is 79.9. The molecule has 0 bridgehead atoms. The van der Waals surface area contributed by atoms with E-state index in [-0.39, 0.29) is 5.82 Å². The van der Waals surface area contributed by atoms with Gasteiger partial charge >= 0.3 is 0 Å². The van der Waals surface area contributed by atoms with Crippen LogP contribution in [0, 0.1) is 12.7 Å².